The first-order valence-electron chi connectivity index (χ1n) is 4.58. The minimum Gasteiger partial charge on any atom is -0.390 e. The predicted molar refractivity (Wildman–Crippen MR) is 52.2 cm³/mol. The van der Waals surface area contributed by atoms with Crippen LogP contribution < -0.4 is 0 Å². The van der Waals surface area contributed by atoms with Gasteiger partial charge in [-0.1, -0.05) is 31.0 Å². The van der Waals surface area contributed by atoms with E-state index in [1.54, 1.807) is 0 Å². The molecule has 0 spiro atoms. The summed E-state index contributed by atoms with van der Waals surface area (Å²) in [6.45, 7) is 5.58. The van der Waals surface area contributed by atoms with Crippen LogP contribution in [0, 0.1) is 5.92 Å². The van der Waals surface area contributed by atoms with Crippen molar-refractivity contribution in [2.24, 2.45) is 5.92 Å². The molecule has 12 heavy (non-hydrogen) atoms. The van der Waals surface area contributed by atoms with E-state index in [9.17, 15) is 5.11 Å². The molecule has 2 atom stereocenters. The Hall–Kier alpha value is -0.0100. The molecule has 1 fully saturated rings. The molecule has 2 heteroatoms. The minimum absolute atomic E-state index is 0.316. The Balaban J connectivity index is 2.54. The van der Waals surface area contributed by atoms with E-state index in [1.165, 1.54) is 6.42 Å². The number of hydrogen-bond acceptors (Lipinski definition) is 1. The molecular weight excluding hydrogens is 172 g/mol. The second kappa shape index (κ2) is 3.80. The molecule has 0 aromatic rings. The molecular formula is C10H17ClO. The van der Waals surface area contributed by atoms with Crippen molar-refractivity contribution in [3.8, 4) is 0 Å². The SMILES string of the molecule is C=C(Cl)CC1CCCCC1(C)O. The normalized spacial score (nSPS) is 36.4. The number of halogens is 1. The van der Waals surface area contributed by atoms with E-state index in [2.05, 4.69) is 6.58 Å². The van der Waals surface area contributed by atoms with Crippen molar-refractivity contribution in [3.05, 3.63) is 11.6 Å². The molecule has 0 heterocycles. The third-order valence-electron chi connectivity index (χ3n) is 2.83. The van der Waals surface area contributed by atoms with Crippen LogP contribution in [0.5, 0.6) is 0 Å². The van der Waals surface area contributed by atoms with E-state index >= 15 is 0 Å². The van der Waals surface area contributed by atoms with E-state index < -0.39 is 5.60 Å². The van der Waals surface area contributed by atoms with Gasteiger partial charge in [-0.2, -0.15) is 0 Å². The first-order chi connectivity index (χ1) is 5.52. The number of aliphatic hydroxyl groups is 1. The highest BCUT2D eigenvalue weighted by Gasteiger charge is 2.34. The largest absolute Gasteiger partial charge is 0.390 e. The Morgan fingerprint density at radius 3 is 2.83 bits per heavy atom. The van der Waals surface area contributed by atoms with Gasteiger partial charge in [0.15, 0.2) is 0 Å². The summed E-state index contributed by atoms with van der Waals surface area (Å²) in [6, 6.07) is 0. The zero-order chi connectivity index (χ0) is 9.19. The smallest absolute Gasteiger partial charge is 0.0651 e. The summed E-state index contributed by atoms with van der Waals surface area (Å²) in [6.07, 6.45) is 5.10. The van der Waals surface area contributed by atoms with Crippen LogP contribution in [0.25, 0.3) is 0 Å². The van der Waals surface area contributed by atoms with Gasteiger partial charge in [0.1, 0.15) is 0 Å². The molecule has 0 aromatic heterocycles. The molecule has 0 bridgehead atoms. The van der Waals surface area contributed by atoms with Gasteiger partial charge in [0, 0.05) is 5.03 Å². The van der Waals surface area contributed by atoms with Crippen LogP contribution >= 0.6 is 11.6 Å². The molecule has 1 rings (SSSR count). The third kappa shape index (κ3) is 2.49. The Labute approximate surface area is 79.4 Å². The summed E-state index contributed by atoms with van der Waals surface area (Å²) in [5.41, 5.74) is -0.518. The molecule has 1 aliphatic rings. The zero-order valence-corrected chi connectivity index (χ0v) is 8.40. The summed E-state index contributed by atoms with van der Waals surface area (Å²) in [5.74, 6) is 0.316. The highest BCUT2D eigenvalue weighted by atomic mass is 35.5. The molecule has 1 N–H and O–H groups in total. The van der Waals surface area contributed by atoms with Crippen molar-refractivity contribution < 1.29 is 5.11 Å². The number of hydrogen-bond donors (Lipinski definition) is 1. The maximum Gasteiger partial charge on any atom is 0.0651 e. The molecule has 70 valence electrons. The molecule has 2 unspecified atom stereocenters. The standard InChI is InChI=1S/C10H17ClO/c1-8(11)7-9-5-3-4-6-10(9,2)12/h9,12H,1,3-7H2,2H3. The van der Waals surface area contributed by atoms with Crippen molar-refractivity contribution in [1.29, 1.82) is 0 Å². The van der Waals surface area contributed by atoms with Gasteiger partial charge in [-0.25, -0.2) is 0 Å². The van der Waals surface area contributed by atoms with Gasteiger partial charge < -0.3 is 5.11 Å². The van der Waals surface area contributed by atoms with Gasteiger partial charge in [-0.05, 0) is 32.1 Å². The quantitative estimate of drug-likeness (QED) is 0.706. The van der Waals surface area contributed by atoms with Crippen molar-refractivity contribution in [2.75, 3.05) is 0 Å². The van der Waals surface area contributed by atoms with Crippen LogP contribution in [0.15, 0.2) is 11.6 Å². The number of allylic oxidation sites excluding steroid dienone is 1. The molecule has 0 radical (unpaired) electrons. The van der Waals surface area contributed by atoms with Crippen molar-refractivity contribution in [1.82, 2.24) is 0 Å². The summed E-state index contributed by atoms with van der Waals surface area (Å²) >= 11 is 5.73. The van der Waals surface area contributed by atoms with Crippen LogP contribution in [0.2, 0.25) is 0 Å². The van der Waals surface area contributed by atoms with Gasteiger partial charge in [-0.15, -0.1) is 0 Å². The maximum atomic E-state index is 9.98. The second-order valence-corrected chi connectivity index (χ2v) is 4.56. The van der Waals surface area contributed by atoms with Crippen LogP contribution in [0.4, 0.5) is 0 Å². The van der Waals surface area contributed by atoms with Gasteiger partial charge in [0.05, 0.1) is 5.60 Å². The third-order valence-corrected chi connectivity index (χ3v) is 2.99. The summed E-state index contributed by atoms with van der Waals surface area (Å²) in [7, 11) is 0. The molecule has 0 aliphatic heterocycles. The van der Waals surface area contributed by atoms with Gasteiger partial charge >= 0.3 is 0 Å². The first kappa shape index (κ1) is 10.1. The minimum atomic E-state index is -0.518. The van der Waals surface area contributed by atoms with Crippen molar-refractivity contribution >= 4 is 11.6 Å². The molecule has 0 aromatic carbocycles. The van der Waals surface area contributed by atoms with Crippen molar-refractivity contribution in [3.63, 3.8) is 0 Å². The molecule has 1 nitrogen and oxygen atoms in total. The lowest BCUT2D eigenvalue weighted by Crippen LogP contribution is -2.37. The Bertz CT molecular complexity index is 175. The fourth-order valence-electron chi connectivity index (χ4n) is 1.98. The Morgan fingerprint density at radius 1 is 1.67 bits per heavy atom. The summed E-state index contributed by atoms with van der Waals surface area (Å²) in [4.78, 5) is 0. The van der Waals surface area contributed by atoms with Crippen molar-refractivity contribution in [2.45, 2.75) is 44.6 Å². The number of rotatable bonds is 2. The van der Waals surface area contributed by atoms with Crippen LogP contribution in [0.1, 0.15) is 39.0 Å². The lowest BCUT2D eigenvalue weighted by molar-refractivity contribution is -0.0307. The van der Waals surface area contributed by atoms with E-state index in [-0.39, 0.29) is 0 Å². The maximum absolute atomic E-state index is 9.98. The summed E-state index contributed by atoms with van der Waals surface area (Å²) < 4.78 is 0. The van der Waals surface area contributed by atoms with E-state index in [1.807, 2.05) is 6.92 Å². The monoisotopic (exact) mass is 188 g/mol. The van der Waals surface area contributed by atoms with Gasteiger partial charge in [0.25, 0.3) is 0 Å². The topological polar surface area (TPSA) is 20.2 Å². The Kier molecular flexibility index (Phi) is 3.19. The highest BCUT2D eigenvalue weighted by Crippen LogP contribution is 2.37. The summed E-state index contributed by atoms with van der Waals surface area (Å²) in [5, 5.41) is 10.7. The van der Waals surface area contributed by atoms with Gasteiger partial charge in [-0.3, -0.25) is 0 Å². The van der Waals surface area contributed by atoms with E-state index in [0.29, 0.717) is 11.0 Å². The van der Waals surface area contributed by atoms with Crippen LogP contribution in [-0.2, 0) is 0 Å². The van der Waals surface area contributed by atoms with Gasteiger partial charge in [0.2, 0.25) is 0 Å². The van der Waals surface area contributed by atoms with Crippen LogP contribution in [0.3, 0.4) is 0 Å². The van der Waals surface area contributed by atoms with E-state index in [0.717, 1.165) is 25.7 Å². The average molecular weight is 189 g/mol. The Morgan fingerprint density at radius 2 is 2.33 bits per heavy atom. The fraction of sp³-hybridized carbons (Fsp3) is 0.800. The average Bonchev–Trinajstić information content (AvgIpc) is 1.92. The fourth-order valence-corrected chi connectivity index (χ4v) is 2.16. The van der Waals surface area contributed by atoms with E-state index in [4.69, 9.17) is 11.6 Å². The molecule has 1 saturated carbocycles. The lowest BCUT2D eigenvalue weighted by atomic mass is 9.75. The molecule has 0 saturated heterocycles. The molecule has 1 aliphatic carbocycles. The highest BCUT2D eigenvalue weighted by molar-refractivity contribution is 6.29. The predicted octanol–water partition coefficient (Wildman–Crippen LogP) is 3.07. The first-order valence-corrected chi connectivity index (χ1v) is 4.96. The lowest BCUT2D eigenvalue weighted by Gasteiger charge is -2.37. The zero-order valence-electron chi connectivity index (χ0n) is 7.65. The molecule has 0 amide bonds. The second-order valence-electron chi connectivity index (χ2n) is 4.02. The van der Waals surface area contributed by atoms with Crippen LogP contribution in [-0.4, -0.2) is 10.7 Å².